The summed E-state index contributed by atoms with van der Waals surface area (Å²) >= 11 is 0. The summed E-state index contributed by atoms with van der Waals surface area (Å²) in [4.78, 5) is 0. The fraction of sp³-hybridized carbons (Fsp3) is 1.00. The van der Waals surface area contributed by atoms with Crippen LogP contribution < -0.4 is 0 Å². The molecule has 11 heavy (non-hydrogen) atoms. The van der Waals surface area contributed by atoms with E-state index < -0.39 is 0 Å². The average Bonchev–Trinajstić information content (AvgIpc) is 2.53. The molecule has 0 saturated heterocycles. The van der Waals surface area contributed by atoms with Crippen LogP contribution in [-0.4, -0.2) is 0 Å². The molecule has 0 heterocycles. The van der Waals surface area contributed by atoms with Gasteiger partial charge in [0.2, 0.25) is 0 Å². The third-order valence-electron chi connectivity index (χ3n) is 4.01. The van der Waals surface area contributed by atoms with Gasteiger partial charge in [-0.05, 0) is 23.7 Å². The summed E-state index contributed by atoms with van der Waals surface area (Å²) in [7, 11) is 0. The van der Waals surface area contributed by atoms with Gasteiger partial charge in [0, 0.05) is 0 Å². The van der Waals surface area contributed by atoms with Gasteiger partial charge in [-0.25, -0.2) is 0 Å². The normalized spacial score (nSPS) is 42.5. The van der Waals surface area contributed by atoms with Crippen molar-refractivity contribution in [2.75, 3.05) is 0 Å². The van der Waals surface area contributed by atoms with E-state index in [2.05, 4.69) is 27.7 Å². The smallest absolute Gasteiger partial charge is 0.0269 e. The van der Waals surface area contributed by atoms with E-state index in [-0.39, 0.29) is 0 Å². The molecule has 0 radical (unpaired) electrons. The average molecular weight is 154 g/mol. The third kappa shape index (κ3) is 1.45. The Hall–Kier alpha value is 0. The highest BCUT2D eigenvalue weighted by Crippen LogP contribution is 2.62. The minimum Gasteiger partial charge on any atom is -0.0654 e. The van der Waals surface area contributed by atoms with E-state index in [1.54, 1.807) is 0 Å². The highest BCUT2D eigenvalue weighted by Gasteiger charge is 2.55. The van der Waals surface area contributed by atoms with Crippen molar-refractivity contribution in [3.05, 3.63) is 0 Å². The first-order valence-corrected chi connectivity index (χ1v) is 5.16. The molecule has 0 N–H and O–H groups in total. The number of rotatable bonds is 4. The molecule has 3 unspecified atom stereocenters. The van der Waals surface area contributed by atoms with Crippen LogP contribution in [0.2, 0.25) is 0 Å². The van der Waals surface area contributed by atoms with E-state index in [0.29, 0.717) is 0 Å². The minimum absolute atomic E-state index is 0.717. The van der Waals surface area contributed by atoms with E-state index >= 15 is 0 Å². The minimum atomic E-state index is 0.717. The molecule has 0 bridgehead atoms. The molecular formula is C11H22. The zero-order valence-electron chi connectivity index (χ0n) is 8.48. The maximum absolute atomic E-state index is 2.46. The van der Waals surface area contributed by atoms with Crippen molar-refractivity contribution < 1.29 is 0 Å². The van der Waals surface area contributed by atoms with Gasteiger partial charge in [-0.3, -0.25) is 0 Å². The van der Waals surface area contributed by atoms with Gasteiger partial charge >= 0.3 is 0 Å². The first kappa shape index (κ1) is 9.09. The lowest BCUT2D eigenvalue weighted by molar-refractivity contribution is 0.450. The van der Waals surface area contributed by atoms with E-state index in [9.17, 15) is 0 Å². The van der Waals surface area contributed by atoms with Crippen molar-refractivity contribution in [3.63, 3.8) is 0 Å². The van der Waals surface area contributed by atoms with Gasteiger partial charge < -0.3 is 0 Å². The third-order valence-corrected chi connectivity index (χ3v) is 4.01. The highest BCUT2D eigenvalue weighted by atomic mass is 14.6. The fourth-order valence-corrected chi connectivity index (χ4v) is 2.50. The second kappa shape index (κ2) is 3.16. The van der Waals surface area contributed by atoms with Crippen LogP contribution in [0.25, 0.3) is 0 Å². The molecule has 1 saturated carbocycles. The van der Waals surface area contributed by atoms with Crippen molar-refractivity contribution in [2.24, 2.45) is 17.3 Å². The summed E-state index contributed by atoms with van der Waals surface area (Å²) in [5, 5.41) is 0. The highest BCUT2D eigenvalue weighted by molar-refractivity contribution is 5.03. The molecule has 3 atom stereocenters. The Balaban J connectivity index is 2.29. The zero-order valence-corrected chi connectivity index (χ0v) is 8.48. The summed E-state index contributed by atoms with van der Waals surface area (Å²) in [6.07, 6.45) is 5.65. The van der Waals surface area contributed by atoms with E-state index in [1.807, 2.05) is 0 Å². The standard InChI is InChI=1S/C11H22/c1-5-7-8-10-9(3)11(10,4)6-2/h9-10H,5-8H2,1-4H3. The van der Waals surface area contributed by atoms with Gasteiger partial charge in [-0.2, -0.15) is 0 Å². The largest absolute Gasteiger partial charge is 0.0654 e. The molecule has 0 heteroatoms. The Morgan fingerprint density at radius 3 is 2.27 bits per heavy atom. The maximum atomic E-state index is 2.46. The van der Waals surface area contributed by atoms with Gasteiger partial charge in [0.05, 0.1) is 0 Å². The Labute approximate surface area is 71.4 Å². The molecule has 1 aliphatic carbocycles. The summed E-state index contributed by atoms with van der Waals surface area (Å²) in [5.74, 6) is 2.05. The van der Waals surface area contributed by atoms with Crippen molar-refractivity contribution in [2.45, 2.75) is 53.4 Å². The first-order valence-electron chi connectivity index (χ1n) is 5.16. The first-order chi connectivity index (χ1) is 5.16. The Kier molecular flexibility index (Phi) is 2.61. The summed E-state index contributed by atoms with van der Waals surface area (Å²) in [6, 6.07) is 0. The molecule has 66 valence electrons. The summed E-state index contributed by atoms with van der Waals surface area (Å²) < 4.78 is 0. The zero-order chi connectivity index (χ0) is 8.48. The molecule has 0 aliphatic heterocycles. The lowest BCUT2D eigenvalue weighted by Gasteiger charge is -2.05. The molecule has 1 aliphatic rings. The van der Waals surface area contributed by atoms with Crippen molar-refractivity contribution in [1.82, 2.24) is 0 Å². The van der Waals surface area contributed by atoms with Crippen LogP contribution in [0.3, 0.4) is 0 Å². The molecule has 0 spiro atoms. The predicted octanol–water partition coefficient (Wildman–Crippen LogP) is 3.86. The number of hydrogen-bond acceptors (Lipinski definition) is 0. The lowest BCUT2D eigenvalue weighted by Crippen LogP contribution is -1.95. The molecule has 0 aromatic heterocycles. The van der Waals surface area contributed by atoms with Gasteiger partial charge in [0.25, 0.3) is 0 Å². The van der Waals surface area contributed by atoms with Crippen molar-refractivity contribution >= 4 is 0 Å². The van der Waals surface area contributed by atoms with E-state index in [4.69, 9.17) is 0 Å². The van der Waals surface area contributed by atoms with Gasteiger partial charge in [-0.15, -0.1) is 0 Å². The predicted molar refractivity (Wildman–Crippen MR) is 50.6 cm³/mol. The van der Waals surface area contributed by atoms with Crippen molar-refractivity contribution in [1.29, 1.82) is 0 Å². The van der Waals surface area contributed by atoms with Crippen LogP contribution in [0.1, 0.15) is 53.4 Å². The molecule has 0 amide bonds. The van der Waals surface area contributed by atoms with Crippen LogP contribution in [0, 0.1) is 17.3 Å². The molecule has 0 aromatic rings. The second-order valence-corrected chi connectivity index (χ2v) is 4.40. The fourth-order valence-electron chi connectivity index (χ4n) is 2.50. The quantitative estimate of drug-likeness (QED) is 0.577. The molecule has 1 fully saturated rings. The van der Waals surface area contributed by atoms with Crippen LogP contribution in [0.15, 0.2) is 0 Å². The van der Waals surface area contributed by atoms with Gasteiger partial charge in [-0.1, -0.05) is 47.0 Å². The van der Waals surface area contributed by atoms with Crippen LogP contribution in [0.5, 0.6) is 0 Å². The molecular weight excluding hydrogens is 132 g/mol. The van der Waals surface area contributed by atoms with Crippen LogP contribution >= 0.6 is 0 Å². The Bertz CT molecular complexity index is 128. The molecule has 1 rings (SSSR count). The Morgan fingerprint density at radius 2 is 1.91 bits per heavy atom. The van der Waals surface area contributed by atoms with Gasteiger partial charge in [0.1, 0.15) is 0 Å². The van der Waals surface area contributed by atoms with Crippen LogP contribution in [-0.2, 0) is 0 Å². The van der Waals surface area contributed by atoms with E-state index in [0.717, 1.165) is 17.3 Å². The van der Waals surface area contributed by atoms with Crippen molar-refractivity contribution in [3.8, 4) is 0 Å². The lowest BCUT2D eigenvalue weighted by atomic mass is 10.00. The summed E-state index contributed by atoms with van der Waals surface area (Å²) in [6.45, 7) is 9.50. The van der Waals surface area contributed by atoms with Crippen LogP contribution in [0.4, 0.5) is 0 Å². The number of unbranched alkanes of at least 4 members (excludes halogenated alkanes) is 1. The second-order valence-electron chi connectivity index (χ2n) is 4.40. The monoisotopic (exact) mass is 154 g/mol. The SMILES string of the molecule is CCCCC1C(C)C1(C)CC. The molecule has 0 aromatic carbocycles. The molecule has 0 nitrogen and oxygen atoms in total. The number of hydrogen-bond donors (Lipinski definition) is 0. The maximum Gasteiger partial charge on any atom is -0.0269 e. The van der Waals surface area contributed by atoms with E-state index in [1.165, 1.54) is 25.7 Å². The van der Waals surface area contributed by atoms with Gasteiger partial charge in [0.15, 0.2) is 0 Å². The summed E-state index contributed by atoms with van der Waals surface area (Å²) in [5.41, 5.74) is 0.717. The Morgan fingerprint density at radius 1 is 1.27 bits per heavy atom. The topological polar surface area (TPSA) is 0 Å².